The molecule has 5 nitrogen and oxygen atoms in total. The van der Waals surface area contributed by atoms with Gasteiger partial charge in [0, 0.05) is 18.3 Å². The van der Waals surface area contributed by atoms with Crippen LogP contribution in [0.15, 0.2) is 42.5 Å². The van der Waals surface area contributed by atoms with Gasteiger partial charge in [0.25, 0.3) is 11.6 Å². The molecule has 2 aromatic carbocycles. The van der Waals surface area contributed by atoms with Gasteiger partial charge in [0.2, 0.25) is 0 Å². The lowest BCUT2D eigenvalue weighted by Gasteiger charge is -2.28. The summed E-state index contributed by atoms with van der Waals surface area (Å²) < 4.78 is 38.5. The lowest BCUT2D eigenvalue weighted by Crippen LogP contribution is -2.38. The van der Waals surface area contributed by atoms with Crippen molar-refractivity contribution < 1.29 is 22.9 Å². The predicted molar refractivity (Wildman–Crippen MR) is 79.9 cm³/mol. The van der Waals surface area contributed by atoms with E-state index in [2.05, 4.69) is 0 Å². The normalized spacial score (nSPS) is 14.5. The second-order valence-electron chi connectivity index (χ2n) is 5.32. The van der Waals surface area contributed by atoms with Crippen molar-refractivity contribution >= 4 is 17.3 Å². The Morgan fingerprint density at radius 3 is 2.50 bits per heavy atom. The molecule has 2 aromatic rings. The largest absolute Gasteiger partial charge is 0.416 e. The number of carbonyl (C=O) groups is 1. The highest BCUT2D eigenvalue weighted by Crippen LogP contribution is 2.34. The van der Waals surface area contributed by atoms with E-state index in [9.17, 15) is 28.1 Å². The van der Waals surface area contributed by atoms with Gasteiger partial charge in [-0.3, -0.25) is 14.9 Å². The number of halogens is 3. The highest BCUT2D eigenvalue weighted by Gasteiger charge is 2.34. The van der Waals surface area contributed by atoms with Crippen molar-refractivity contribution in [3.8, 4) is 0 Å². The molecule has 0 spiro atoms. The van der Waals surface area contributed by atoms with Crippen LogP contribution >= 0.6 is 0 Å². The molecular weight excluding hydrogens is 325 g/mol. The summed E-state index contributed by atoms with van der Waals surface area (Å²) in [4.78, 5) is 24.3. The summed E-state index contributed by atoms with van der Waals surface area (Å²) in [6.07, 6.45) is -4.20. The van der Waals surface area contributed by atoms with Crippen LogP contribution < -0.4 is 4.90 Å². The van der Waals surface area contributed by atoms with E-state index in [1.807, 2.05) is 0 Å². The van der Waals surface area contributed by atoms with Gasteiger partial charge in [0.1, 0.15) is 5.56 Å². The summed E-state index contributed by atoms with van der Waals surface area (Å²) in [6.45, 7) is 0.161. The summed E-state index contributed by atoms with van der Waals surface area (Å²) in [5.74, 6) is -0.664. The molecule has 0 aromatic heterocycles. The maximum atomic E-state index is 12.8. The second kappa shape index (κ2) is 5.63. The number of amides is 1. The van der Waals surface area contributed by atoms with E-state index in [0.717, 1.165) is 17.0 Å². The van der Waals surface area contributed by atoms with Crippen molar-refractivity contribution in [3.63, 3.8) is 0 Å². The number of hydrogen-bond acceptors (Lipinski definition) is 3. The number of fused-ring (bicyclic) bond motifs is 1. The Labute approximate surface area is 134 Å². The molecule has 0 atom stereocenters. The maximum absolute atomic E-state index is 12.8. The van der Waals surface area contributed by atoms with Crippen LogP contribution in [0.4, 0.5) is 24.5 Å². The van der Waals surface area contributed by atoms with Crippen LogP contribution in [0.5, 0.6) is 0 Å². The molecule has 1 amide bonds. The van der Waals surface area contributed by atoms with Crippen LogP contribution in [0, 0.1) is 10.1 Å². The van der Waals surface area contributed by atoms with Crippen LogP contribution in [0.3, 0.4) is 0 Å². The summed E-state index contributed by atoms with van der Waals surface area (Å²) in [6, 6.07) is 8.69. The van der Waals surface area contributed by atoms with E-state index in [-0.39, 0.29) is 23.5 Å². The third-order valence-electron chi connectivity index (χ3n) is 3.87. The first-order valence-corrected chi connectivity index (χ1v) is 7.04. The molecule has 1 aliphatic heterocycles. The van der Waals surface area contributed by atoms with Gasteiger partial charge >= 0.3 is 6.18 Å². The Bertz CT molecular complexity index is 834. The van der Waals surface area contributed by atoms with Crippen LogP contribution in [0.1, 0.15) is 21.5 Å². The molecule has 0 aliphatic carbocycles. The first-order chi connectivity index (χ1) is 11.3. The SMILES string of the molecule is O=C1c2c(cccc2[N+](=O)[O-])CCN1c1cccc(C(F)(F)F)c1. The number of rotatable bonds is 2. The molecule has 3 rings (SSSR count). The number of hydrogen-bond donors (Lipinski definition) is 0. The molecule has 1 heterocycles. The molecule has 0 saturated heterocycles. The number of anilines is 1. The minimum absolute atomic E-state index is 0.0637. The van der Waals surface area contributed by atoms with E-state index < -0.39 is 22.6 Å². The highest BCUT2D eigenvalue weighted by atomic mass is 19.4. The molecule has 24 heavy (non-hydrogen) atoms. The fourth-order valence-corrected chi connectivity index (χ4v) is 2.76. The van der Waals surface area contributed by atoms with Gasteiger partial charge < -0.3 is 4.90 Å². The Hall–Kier alpha value is -2.90. The lowest BCUT2D eigenvalue weighted by atomic mass is 9.96. The van der Waals surface area contributed by atoms with Gasteiger partial charge in [0.05, 0.1) is 10.5 Å². The average Bonchev–Trinajstić information content (AvgIpc) is 2.54. The van der Waals surface area contributed by atoms with Crippen LogP contribution in [-0.2, 0) is 12.6 Å². The van der Waals surface area contributed by atoms with Crippen molar-refractivity contribution in [1.82, 2.24) is 0 Å². The maximum Gasteiger partial charge on any atom is 0.416 e. The summed E-state index contributed by atoms with van der Waals surface area (Å²) in [7, 11) is 0. The summed E-state index contributed by atoms with van der Waals surface area (Å²) in [5, 5.41) is 11.1. The number of nitro benzene ring substituents is 1. The quantitative estimate of drug-likeness (QED) is 0.619. The third-order valence-corrected chi connectivity index (χ3v) is 3.87. The monoisotopic (exact) mass is 336 g/mol. The topological polar surface area (TPSA) is 63.4 Å². The molecule has 0 radical (unpaired) electrons. The fourth-order valence-electron chi connectivity index (χ4n) is 2.76. The third kappa shape index (κ3) is 2.70. The molecule has 0 bridgehead atoms. The van der Waals surface area contributed by atoms with Crippen LogP contribution in [-0.4, -0.2) is 17.4 Å². The van der Waals surface area contributed by atoms with Crippen molar-refractivity contribution in [3.05, 3.63) is 69.3 Å². The second-order valence-corrected chi connectivity index (χ2v) is 5.32. The van der Waals surface area contributed by atoms with Crippen molar-refractivity contribution in [2.24, 2.45) is 0 Å². The van der Waals surface area contributed by atoms with E-state index >= 15 is 0 Å². The number of benzene rings is 2. The van der Waals surface area contributed by atoms with E-state index in [0.29, 0.717) is 12.0 Å². The number of carbonyl (C=O) groups excluding carboxylic acids is 1. The Kier molecular flexibility index (Phi) is 3.75. The Morgan fingerprint density at radius 1 is 1.12 bits per heavy atom. The van der Waals surface area contributed by atoms with E-state index in [1.54, 1.807) is 6.07 Å². The first kappa shape index (κ1) is 16.0. The molecule has 0 fully saturated rings. The van der Waals surface area contributed by atoms with Crippen molar-refractivity contribution in [1.29, 1.82) is 0 Å². The highest BCUT2D eigenvalue weighted by molar-refractivity contribution is 6.10. The minimum Gasteiger partial charge on any atom is -0.308 e. The van der Waals surface area contributed by atoms with E-state index in [4.69, 9.17) is 0 Å². The van der Waals surface area contributed by atoms with Crippen molar-refractivity contribution in [2.75, 3.05) is 11.4 Å². The van der Waals surface area contributed by atoms with Gasteiger partial charge in [-0.2, -0.15) is 13.2 Å². The lowest BCUT2D eigenvalue weighted by molar-refractivity contribution is -0.385. The Morgan fingerprint density at radius 2 is 1.83 bits per heavy atom. The van der Waals surface area contributed by atoms with Gasteiger partial charge in [-0.05, 0) is 30.2 Å². The van der Waals surface area contributed by atoms with Gasteiger partial charge in [-0.25, -0.2) is 0 Å². The van der Waals surface area contributed by atoms with Gasteiger partial charge in [-0.1, -0.05) is 18.2 Å². The molecular formula is C16H11F3N2O3. The molecule has 8 heteroatoms. The molecule has 0 unspecified atom stereocenters. The molecule has 1 aliphatic rings. The smallest absolute Gasteiger partial charge is 0.308 e. The zero-order valence-electron chi connectivity index (χ0n) is 12.2. The zero-order chi connectivity index (χ0) is 17.5. The first-order valence-electron chi connectivity index (χ1n) is 7.04. The van der Waals surface area contributed by atoms with Crippen LogP contribution in [0.25, 0.3) is 0 Å². The molecule has 0 N–H and O–H groups in total. The van der Waals surface area contributed by atoms with E-state index in [1.165, 1.54) is 24.3 Å². The van der Waals surface area contributed by atoms with Crippen LogP contribution in [0.2, 0.25) is 0 Å². The van der Waals surface area contributed by atoms with Gasteiger partial charge in [0.15, 0.2) is 0 Å². The number of nitrogens with zero attached hydrogens (tertiary/aromatic N) is 2. The fraction of sp³-hybridized carbons (Fsp3) is 0.188. The standard InChI is InChI=1S/C16H11F3N2O3/c17-16(18,19)11-4-2-5-12(9-11)20-8-7-10-3-1-6-13(21(23)24)14(10)15(20)22/h1-6,9H,7-8H2. The summed E-state index contributed by atoms with van der Waals surface area (Å²) >= 11 is 0. The molecule has 0 saturated carbocycles. The minimum atomic E-state index is -4.53. The van der Waals surface area contributed by atoms with Gasteiger partial charge in [-0.15, -0.1) is 0 Å². The Balaban J connectivity index is 2.05. The number of alkyl halides is 3. The van der Waals surface area contributed by atoms with Crippen molar-refractivity contribution in [2.45, 2.75) is 12.6 Å². The summed E-state index contributed by atoms with van der Waals surface area (Å²) in [5.41, 5.74) is -0.683. The predicted octanol–water partition coefficient (Wildman–Crippen LogP) is 3.82. The zero-order valence-corrected chi connectivity index (χ0v) is 12.2. The molecule has 124 valence electrons. The number of nitro groups is 1. The average molecular weight is 336 g/mol.